The highest BCUT2D eigenvalue weighted by molar-refractivity contribution is 5.92. The van der Waals surface area contributed by atoms with E-state index in [4.69, 9.17) is 0 Å². The van der Waals surface area contributed by atoms with E-state index < -0.39 is 11.8 Å². The van der Waals surface area contributed by atoms with Crippen LogP contribution in [0.5, 0.6) is 0 Å². The first kappa shape index (κ1) is 21.4. The van der Waals surface area contributed by atoms with Gasteiger partial charge in [0.1, 0.15) is 12.4 Å². The van der Waals surface area contributed by atoms with Crippen LogP contribution in [-0.4, -0.2) is 44.9 Å². The number of rotatable bonds is 7. The van der Waals surface area contributed by atoms with Crippen molar-refractivity contribution in [2.75, 3.05) is 11.9 Å². The zero-order chi connectivity index (χ0) is 21.8. The maximum absolute atomic E-state index is 14.1. The Labute approximate surface area is 183 Å². The molecule has 166 valence electrons. The number of nitrogens with zero attached hydrogens (tertiary/aromatic N) is 3. The number of carbonyl (C=O) groups is 2. The Morgan fingerprint density at radius 2 is 1.71 bits per heavy atom. The van der Waals surface area contributed by atoms with Crippen molar-refractivity contribution in [1.82, 2.24) is 14.4 Å². The highest BCUT2D eigenvalue weighted by atomic mass is 19.1. The minimum absolute atomic E-state index is 0.000521. The molecule has 1 N–H and O–H groups in total. The van der Waals surface area contributed by atoms with Crippen molar-refractivity contribution in [1.29, 1.82) is 0 Å². The summed E-state index contributed by atoms with van der Waals surface area (Å²) in [6, 6.07) is 9.97. The summed E-state index contributed by atoms with van der Waals surface area (Å²) in [7, 11) is 1.97. The summed E-state index contributed by atoms with van der Waals surface area (Å²) >= 11 is 0. The standard InChI is InChI=1S/C24H31FN4O2/c1-27-15-7-10-20(27)16-28(19-13-14-19)23(30)17-29(18-8-3-2-4-9-18)24(31)26-22-12-6-5-11-21(22)25/h5-7,10-12,15,18-19H,2-4,8-9,13-14,16-17H2,1H3,(H,26,31). The molecule has 0 saturated heterocycles. The number of aryl methyl sites for hydroxylation is 1. The molecule has 1 heterocycles. The van der Waals surface area contributed by atoms with Gasteiger partial charge in [-0.25, -0.2) is 9.18 Å². The van der Waals surface area contributed by atoms with Crippen molar-refractivity contribution in [3.63, 3.8) is 0 Å². The van der Waals surface area contributed by atoms with Gasteiger partial charge >= 0.3 is 6.03 Å². The lowest BCUT2D eigenvalue weighted by Crippen LogP contribution is -2.50. The van der Waals surface area contributed by atoms with Crippen LogP contribution in [0, 0.1) is 5.82 Å². The molecule has 3 amide bonds. The number of anilines is 1. The molecule has 0 spiro atoms. The van der Waals surface area contributed by atoms with Crippen molar-refractivity contribution >= 4 is 17.6 Å². The molecule has 0 atom stereocenters. The third kappa shape index (κ3) is 5.27. The van der Waals surface area contributed by atoms with E-state index >= 15 is 0 Å². The SMILES string of the molecule is Cn1cccc1CN(C(=O)CN(C(=O)Nc1ccccc1F)C1CCCCC1)C1CC1. The second-order valence-electron chi connectivity index (χ2n) is 8.69. The molecule has 2 aromatic rings. The first-order valence-electron chi connectivity index (χ1n) is 11.2. The molecule has 0 bridgehead atoms. The summed E-state index contributed by atoms with van der Waals surface area (Å²) in [5.74, 6) is -0.521. The van der Waals surface area contributed by atoms with Crippen LogP contribution < -0.4 is 5.32 Å². The summed E-state index contributed by atoms with van der Waals surface area (Å²) in [6.07, 6.45) is 8.95. The average molecular weight is 427 g/mol. The molecule has 31 heavy (non-hydrogen) atoms. The summed E-state index contributed by atoms with van der Waals surface area (Å²) in [5.41, 5.74) is 1.21. The van der Waals surface area contributed by atoms with Gasteiger partial charge in [0.05, 0.1) is 12.2 Å². The zero-order valence-corrected chi connectivity index (χ0v) is 18.1. The molecule has 2 aliphatic carbocycles. The van der Waals surface area contributed by atoms with Gasteiger partial charge in [-0.3, -0.25) is 4.79 Å². The van der Waals surface area contributed by atoms with Gasteiger partial charge in [0.25, 0.3) is 0 Å². The van der Waals surface area contributed by atoms with Crippen LogP contribution in [-0.2, 0) is 18.4 Å². The lowest BCUT2D eigenvalue weighted by molar-refractivity contribution is -0.133. The fourth-order valence-electron chi connectivity index (χ4n) is 4.39. The molecular formula is C24H31FN4O2. The molecule has 4 rings (SSSR count). The predicted octanol–water partition coefficient (Wildman–Crippen LogP) is 4.52. The molecule has 2 saturated carbocycles. The van der Waals surface area contributed by atoms with Crippen LogP contribution in [0.2, 0.25) is 0 Å². The number of hydrogen-bond acceptors (Lipinski definition) is 2. The van der Waals surface area contributed by atoms with E-state index in [9.17, 15) is 14.0 Å². The van der Waals surface area contributed by atoms with Crippen LogP contribution in [0.25, 0.3) is 0 Å². The van der Waals surface area contributed by atoms with E-state index in [1.165, 1.54) is 6.07 Å². The molecule has 6 nitrogen and oxygen atoms in total. The monoisotopic (exact) mass is 426 g/mol. The van der Waals surface area contributed by atoms with Crippen LogP contribution in [0.1, 0.15) is 50.6 Å². The van der Waals surface area contributed by atoms with E-state index in [1.807, 2.05) is 34.8 Å². The number of amides is 3. The number of hydrogen-bond donors (Lipinski definition) is 1. The van der Waals surface area contributed by atoms with Crippen molar-refractivity contribution < 1.29 is 14.0 Å². The molecular weight excluding hydrogens is 395 g/mol. The van der Waals surface area contributed by atoms with Gasteiger partial charge in [-0.05, 0) is 49.9 Å². The fraction of sp³-hybridized carbons (Fsp3) is 0.500. The smallest absolute Gasteiger partial charge is 0.322 e. The van der Waals surface area contributed by atoms with Gasteiger partial charge in [0.2, 0.25) is 5.91 Å². The Balaban J connectivity index is 1.50. The summed E-state index contributed by atoms with van der Waals surface area (Å²) in [6.45, 7) is 0.562. The van der Waals surface area contributed by atoms with Crippen LogP contribution in [0.3, 0.4) is 0 Å². The lowest BCUT2D eigenvalue weighted by atomic mass is 9.94. The first-order valence-corrected chi connectivity index (χ1v) is 11.2. The largest absolute Gasteiger partial charge is 0.353 e. The van der Waals surface area contributed by atoms with Crippen LogP contribution in [0.15, 0.2) is 42.6 Å². The number of para-hydroxylation sites is 1. The normalized spacial score (nSPS) is 16.7. The molecule has 1 aromatic heterocycles. The highest BCUT2D eigenvalue weighted by Gasteiger charge is 2.36. The average Bonchev–Trinajstić information content (AvgIpc) is 3.54. The van der Waals surface area contributed by atoms with Gasteiger partial charge in [-0.1, -0.05) is 31.4 Å². The molecule has 0 aliphatic heterocycles. The Kier molecular flexibility index (Phi) is 6.59. The maximum atomic E-state index is 14.1. The van der Waals surface area contributed by atoms with Gasteiger partial charge in [-0.15, -0.1) is 0 Å². The summed E-state index contributed by atoms with van der Waals surface area (Å²) in [4.78, 5) is 30.0. The molecule has 2 aliphatic rings. The number of halogens is 1. The second-order valence-corrected chi connectivity index (χ2v) is 8.69. The second kappa shape index (κ2) is 9.54. The van der Waals surface area contributed by atoms with Crippen molar-refractivity contribution in [2.45, 2.75) is 63.6 Å². The molecule has 7 heteroatoms. The van der Waals surface area contributed by atoms with E-state index in [1.54, 1.807) is 23.1 Å². The quantitative estimate of drug-likeness (QED) is 0.708. The minimum atomic E-state index is -0.478. The van der Waals surface area contributed by atoms with E-state index in [0.717, 1.165) is 50.6 Å². The van der Waals surface area contributed by atoms with Crippen molar-refractivity contribution in [3.8, 4) is 0 Å². The predicted molar refractivity (Wildman–Crippen MR) is 118 cm³/mol. The lowest BCUT2D eigenvalue weighted by Gasteiger charge is -2.35. The Hall–Kier alpha value is -2.83. The van der Waals surface area contributed by atoms with E-state index in [0.29, 0.717) is 6.54 Å². The zero-order valence-electron chi connectivity index (χ0n) is 18.1. The molecule has 0 unspecified atom stereocenters. The molecule has 1 aromatic carbocycles. The first-order chi connectivity index (χ1) is 15.0. The number of aromatic nitrogens is 1. The number of urea groups is 1. The third-order valence-corrected chi connectivity index (χ3v) is 6.39. The maximum Gasteiger partial charge on any atom is 0.322 e. The van der Waals surface area contributed by atoms with Crippen LogP contribution >= 0.6 is 0 Å². The summed E-state index contributed by atoms with van der Waals surface area (Å²) in [5, 5.41) is 2.69. The Morgan fingerprint density at radius 3 is 2.35 bits per heavy atom. The van der Waals surface area contributed by atoms with Crippen LogP contribution in [0.4, 0.5) is 14.9 Å². The highest BCUT2D eigenvalue weighted by Crippen LogP contribution is 2.30. The molecule has 0 radical (unpaired) electrons. The minimum Gasteiger partial charge on any atom is -0.353 e. The van der Waals surface area contributed by atoms with Crippen molar-refractivity contribution in [2.24, 2.45) is 7.05 Å². The van der Waals surface area contributed by atoms with Gasteiger partial charge in [0.15, 0.2) is 0 Å². The molecule has 2 fully saturated rings. The Bertz CT molecular complexity index is 918. The number of benzene rings is 1. The number of nitrogens with one attached hydrogen (secondary N) is 1. The van der Waals surface area contributed by atoms with Crippen molar-refractivity contribution in [3.05, 3.63) is 54.1 Å². The topological polar surface area (TPSA) is 57.6 Å². The summed E-state index contributed by atoms with van der Waals surface area (Å²) < 4.78 is 16.1. The third-order valence-electron chi connectivity index (χ3n) is 6.39. The van der Waals surface area contributed by atoms with Gasteiger partial charge < -0.3 is 19.7 Å². The Morgan fingerprint density at radius 1 is 1.00 bits per heavy atom. The fourth-order valence-corrected chi connectivity index (χ4v) is 4.39. The van der Waals surface area contributed by atoms with E-state index in [2.05, 4.69) is 5.32 Å². The van der Waals surface area contributed by atoms with Gasteiger partial charge in [0, 0.05) is 31.0 Å². The van der Waals surface area contributed by atoms with Gasteiger partial charge in [-0.2, -0.15) is 0 Å². The van der Waals surface area contributed by atoms with E-state index in [-0.39, 0.29) is 30.2 Å². The number of carbonyl (C=O) groups excluding carboxylic acids is 2.